The van der Waals surface area contributed by atoms with Crippen LogP contribution in [-0.2, 0) is 7.05 Å². The fourth-order valence-corrected chi connectivity index (χ4v) is 1.71. The van der Waals surface area contributed by atoms with E-state index in [0.29, 0.717) is 5.82 Å². The zero-order valence-corrected chi connectivity index (χ0v) is 9.27. The monoisotopic (exact) mass is 226 g/mol. The molecule has 7 heteroatoms. The number of nitro groups is 1. The van der Waals surface area contributed by atoms with E-state index >= 15 is 0 Å². The molecule has 0 aromatic carbocycles. The van der Waals surface area contributed by atoms with E-state index in [-0.39, 0.29) is 17.8 Å². The summed E-state index contributed by atoms with van der Waals surface area (Å²) in [6, 6.07) is 0. The quantitative estimate of drug-likeness (QED) is 0.595. The van der Waals surface area contributed by atoms with Crippen LogP contribution in [0.2, 0.25) is 0 Å². The van der Waals surface area contributed by atoms with Crippen molar-refractivity contribution < 1.29 is 9.66 Å². The average Bonchev–Trinajstić information content (AvgIpc) is 2.81. The molecule has 0 aliphatic carbocycles. The fourth-order valence-electron chi connectivity index (χ4n) is 1.71. The Morgan fingerprint density at radius 3 is 3.00 bits per heavy atom. The van der Waals surface area contributed by atoms with E-state index < -0.39 is 4.92 Å². The average molecular weight is 226 g/mol. The maximum absolute atomic E-state index is 10.8. The lowest BCUT2D eigenvalue weighted by Gasteiger charge is -2.11. The van der Waals surface area contributed by atoms with Gasteiger partial charge in [0.15, 0.2) is 0 Å². The van der Waals surface area contributed by atoms with Crippen LogP contribution in [0.1, 0.15) is 12.2 Å². The second kappa shape index (κ2) is 4.09. The zero-order valence-electron chi connectivity index (χ0n) is 9.27. The van der Waals surface area contributed by atoms with E-state index in [2.05, 4.69) is 10.3 Å². The van der Waals surface area contributed by atoms with Gasteiger partial charge in [-0.1, -0.05) is 0 Å². The molecule has 1 aromatic heterocycles. The lowest BCUT2D eigenvalue weighted by Crippen LogP contribution is -2.21. The number of imidazole rings is 1. The molecule has 1 aliphatic rings. The van der Waals surface area contributed by atoms with Crippen LogP contribution < -0.4 is 10.1 Å². The molecule has 2 rings (SSSR count). The van der Waals surface area contributed by atoms with Crippen LogP contribution in [0.25, 0.3) is 0 Å². The number of hydrogen-bond donors (Lipinski definition) is 1. The standard InChI is InChI=1S/C9H14N4O3/c1-6-11-8(13(14)15)9(12(6)2)16-7-3-4-10-5-7/h7,10H,3-5H2,1-2H3. The summed E-state index contributed by atoms with van der Waals surface area (Å²) in [5.74, 6) is 0.621. The van der Waals surface area contributed by atoms with E-state index in [9.17, 15) is 10.1 Å². The molecule has 0 bridgehead atoms. The minimum Gasteiger partial charge on any atom is -0.468 e. The van der Waals surface area contributed by atoms with Crippen LogP contribution in [0.4, 0.5) is 5.82 Å². The first kappa shape index (κ1) is 10.9. The van der Waals surface area contributed by atoms with Crippen molar-refractivity contribution in [1.82, 2.24) is 14.9 Å². The Morgan fingerprint density at radius 1 is 1.69 bits per heavy atom. The summed E-state index contributed by atoms with van der Waals surface area (Å²) in [5, 5.41) is 13.9. The number of aromatic nitrogens is 2. The summed E-state index contributed by atoms with van der Waals surface area (Å²) >= 11 is 0. The third kappa shape index (κ3) is 1.85. The van der Waals surface area contributed by atoms with Crippen LogP contribution in [-0.4, -0.2) is 33.7 Å². The maximum Gasteiger partial charge on any atom is 0.426 e. The first-order chi connectivity index (χ1) is 7.59. The molecule has 1 saturated heterocycles. The number of hydrogen-bond acceptors (Lipinski definition) is 5. The van der Waals surface area contributed by atoms with Crippen LogP contribution in [0.5, 0.6) is 5.88 Å². The van der Waals surface area contributed by atoms with Gasteiger partial charge < -0.3 is 20.2 Å². The summed E-state index contributed by atoms with van der Waals surface area (Å²) in [5.41, 5.74) is 0. The molecule has 0 spiro atoms. The van der Waals surface area contributed by atoms with E-state index in [0.717, 1.165) is 19.5 Å². The lowest BCUT2D eigenvalue weighted by atomic mass is 10.3. The van der Waals surface area contributed by atoms with Crippen molar-refractivity contribution in [3.63, 3.8) is 0 Å². The molecule has 2 heterocycles. The van der Waals surface area contributed by atoms with Gasteiger partial charge in [0.25, 0.3) is 5.88 Å². The van der Waals surface area contributed by atoms with Crippen LogP contribution in [0.3, 0.4) is 0 Å². The van der Waals surface area contributed by atoms with Gasteiger partial charge in [-0.3, -0.25) is 4.57 Å². The number of nitrogens with one attached hydrogen (secondary N) is 1. The fraction of sp³-hybridized carbons (Fsp3) is 0.667. The van der Waals surface area contributed by atoms with Gasteiger partial charge in [-0.25, -0.2) is 0 Å². The number of aryl methyl sites for hydroxylation is 1. The largest absolute Gasteiger partial charge is 0.468 e. The van der Waals surface area contributed by atoms with Gasteiger partial charge in [-0.2, -0.15) is 0 Å². The smallest absolute Gasteiger partial charge is 0.426 e. The SMILES string of the molecule is Cc1nc([N+](=O)[O-])c(OC2CCNC2)n1C. The third-order valence-electron chi connectivity index (χ3n) is 2.72. The highest BCUT2D eigenvalue weighted by Gasteiger charge is 2.28. The molecule has 16 heavy (non-hydrogen) atoms. The highest BCUT2D eigenvalue weighted by atomic mass is 16.6. The highest BCUT2D eigenvalue weighted by Crippen LogP contribution is 2.28. The summed E-state index contributed by atoms with van der Waals surface area (Å²) in [7, 11) is 1.72. The Labute approximate surface area is 92.6 Å². The van der Waals surface area contributed by atoms with E-state index in [4.69, 9.17) is 4.74 Å². The molecule has 1 N–H and O–H groups in total. The normalized spacial score (nSPS) is 20.0. The second-order valence-corrected chi connectivity index (χ2v) is 3.84. The number of ether oxygens (including phenoxy) is 1. The Morgan fingerprint density at radius 2 is 2.44 bits per heavy atom. The van der Waals surface area contributed by atoms with Crippen molar-refractivity contribution in [2.75, 3.05) is 13.1 Å². The van der Waals surface area contributed by atoms with E-state index in [1.807, 2.05) is 0 Å². The van der Waals surface area contributed by atoms with Crippen molar-refractivity contribution in [1.29, 1.82) is 0 Å². The van der Waals surface area contributed by atoms with Gasteiger partial charge >= 0.3 is 5.82 Å². The van der Waals surface area contributed by atoms with Crippen molar-refractivity contribution in [3.05, 3.63) is 15.9 Å². The molecular weight excluding hydrogens is 212 g/mol. The van der Waals surface area contributed by atoms with Crippen molar-refractivity contribution >= 4 is 5.82 Å². The second-order valence-electron chi connectivity index (χ2n) is 3.84. The molecule has 1 aromatic rings. The molecule has 88 valence electrons. The van der Waals surface area contributed by atoms with Gasteiger partial charge in [0.2, 0.25) is 5.82 Å². The molecule has 0 radical (unpaired) electrons. The predicted octanol–water partition coefficient (Wildman–Crippen LogP) is 0.377. The van der Waals surface area contributed by atoms with Crippen molar-refractivity contribution in [2.24, 2.45) is 7.05 Å². The van der Waals surface area contributed by atoms with Gasteiger partial charge in [0.05, 0.1) is 0 Å². The molecule has 1 unspecified atom stereocenters. The van der Waals surface area contributed by atoms with Gasteiger partial charge in [0, 0.05) is 20.5 Å². The first-order valence-electron chi connectivity index (χ1n) is 5.14. The zero-order chi connectivity index (χ0) is 11.7. The topological polar surface area (TPSA) is 82.2 Å². The van der Waals surface area contributed by atoms with Crippen LogP contribution in [0.15, 0.2) is 0 Å². The summed E-state index contributed by atoms with van der Waals surface area (Å²) in [4.78, 5) is 14.2. The minimum atomic E-state index is -0.509. The van der Waals surface area contributed by atoms with Gasteiger partial charge in [0.1, 0.15) is 6.10 Å². The maximum atomic E-state index is 10.8. The molecule has 0 saturated carbocycles. The molecule has 7 nitrogen and oxygen atoms in total. The summed E-state index contributed by atoms with van der Waals surface area (Å²) < 4.78 is 7.22. The van der Waals surface area contributed by atoms with E-state index in [1.165, 1.54) is 0 Å². The predicted molar refractivity (Wildman–Crippen MR) is 56.5 cm³/mol. The Hall–Kier alpha value is -1.63. The van der Waals surface area contributed by atoms with Gasteiger partial charge in [-0.05, 0) is 22.9 Å². The molecular formula is C9H14N4O3. The van der Waals surface area contributed by atoms with Crippen molar-refractivity contribution in [2.45, 2.75) is 19.4 Å². The Kier molecular flexibility index (Phi) is 2.78. The molecule has 1 atom stereocenters. The Bertz CT molecular complexity index is 409. The van der Waals surface area contributed by atoms with Crippen LogP contribution in [0, 0.1) is 17.0 Å². The van der Waals surface area contributed by atoms with Gasteiger partial charge in [-0.15, -0.1) is 0 Å². The minimum absolute atomic E-state index is 0.00602. The Balaban J connectivity index is 2.26. The lowest BCUT2D eigenvalue weighted by molar-refractivity contribution is -0.390. The van der Waals surface area contributed by atoms with E-state index in [1.54, 1.807) is 18.5 Å². The van der Waals surface area contributed by atoms with Crippen LogP contribution >= 0.6 is 0 Å². The summed E-state index contributed by atoms with van der Waals surface area (Å²) in [6.07, 6.45) is 0.856. The first-order valence-corrected chi connectivity index (χ1v) is 5.14. The molecule has 1 fully saturated rings. The number of rotatable bonds is 3. The van der Waals surface area contributed by atoms with Crippen molar-refractivity contribution in [3.8, 4) is 5.88 Å². The highest BCUT2D eigenvalue weighted by molar-refractivity contribution is 5.36. The summed E-state index contributed by atoms with van der Waals surface area (Å²) in [6.45, 7) is 3.32. The third-order valence-corrected chi connectivity index (χ3v) is 2.72. The molecule has 0 amide bonds. The molecule has 1 aliphatic heterocycles. The number of nitrogens with zero attached hydrogens (tertiary/aromatic N) is 3.